The fourth-order valence-corrected chi connectivity index (χ4v) is 0. The van der Waals surface area contributed by atoms with Gasteiger partial charge in [-0.1, -0.05) is 0 Å². The Bertz CT molecular complexity index is 11.6. The molecule has 0 aromatic rings. The van der Waals surface area contributed by atoms with Crippen molar-refractivity contribution in [3.05, 3.63) is 0 Å². The zero-order valence-corrected chi connectivity index (χ0v) is 15.8. The van der Waals surface area contributed by atoms with Gasteiger partial charge in [0.2, 0.25) is 0 Å². The second-order valence-electron chi connectivity index (χ2n) is 0. The average Bonchev–Trinajstić information content (AvgIpc) is 0. The minimum atomic E-state index is 0. The van der Waals surface area contributed by atoms with Crippen LogP contribution in [0.15, 0.2) is 0 Å². The summed E-state index contributed by atoms with van der Waals surface area (Å²) in [5.74, 6) is 0. The molecule has 0 aliphatic rings. The molecule has 7 radical (unpaired) electrons. The maximum atomic E-state index is 0. The molecule has 0 aliphatic carbocycles. The maximum Gasteiger partial charge on any atom is 0 e. The Morgan fingerprint density at radius 3 is 1.00 bits per heavy atom. The van der Waals surface area contributed by atoms with Gasteiger partial charge in [0.05, 0.1) is 0 Å². The first-order valence-electron chi connectivity index (χ1n) is 0. The minimum Gasteiger partial charge on any atom is -0.412 e. The van der Waals surface area contributed by atoms with E-state index < -0.39 is 0 Å². The fourth-order valence-electron chi connectivity index (χ4n) is 0. The average molecular weight is 500 g/mol. The van der Waals surface area contributed by atoms with Gasteiger partial charge in [-0.25, -0.2) is 0 Å². The summed E-state index contributed by atoms with van der Waals surface area (Å²) in [4.78, 5) is 0. The third-order valence-corrected chi connectivity index (χ3v) is 0. The number of hydrogen-bond donors (Lipinski definition) is 0. The summed E-state index contributed by atoms with van der Waals surface area (Å²) in [6.07, 6.45) is 0. The predicted molar refractivity (Wildman–Crippen MR) is 20.9 cm³/mol. The zero-order chi connectivity index (χ0) is 0. The Kier molecular flexibility index (Phi) is 157. The second-order valence-corrected chi connectivity index (χ2v) is 0. The van der Waals surface area contributed by atoms with Gasteiger partial charge in [0, 0.05) is 142 Å². The molecule has 0 saturated carbocycles. The van der Waals surface area contributed by atoms with E-state index in [1.165, 1.54) is 0 Å². The Morgan fingerprint density at radius 2 is 1.00 bits per heavy atom. The molecule has 0 aromatic heterocycles. The summed E-state index contributed by atoms with van der Waals surface area (Å²) in [5, 5.41) is 0. The Labute approximate surface area is 143 Å². The molecule has 5 heavy (non-hydrogen) atoms. The maximum absolute atomic E-state index is 0. The van der Waals surface area contributed by atoms with E-state index in [1.807, 2.05) is 0 Å². The second kappa shape index (κ2) is 23.5. The molecule has 0 aliphatic heterocycles. The first-order chi connectivity index (χ1) is 0. The van der Waals surface area contributed by atoms with Crippen LogP contribution in [0.2, 0.25) is 0 Å². The van der Waals surface area contributed by atoms with E-state index in [-0.39, 0.29) is 148 Å². The summed E-state index contributed by atoms with van der Waals surface area (Å²) in [5.41, 5.74) is 0. The molecule has 0 bridgehead atoms. The largest absolute Gasteiger partial charge is 0.412 e. The molecule has 1 nitrogen and oxygen atoms in total. The van der Waals surface area contributed by atoms with Gasteiger partial charge in [-0.2, -0.15) is 0 Å². The topological polar surface area (TPSA) is 31.5 Å². The van der Waals surface area contributed by atoms with Crippen LogP contribution in [-0.2, 0) is 21.7 Å². The monoisotopic (exact) mass is 501 g/mol. The molecule has 0 aromatic carbocycles. The van der Waals surface area contributed by atoms with Gasteiger partial charge in [0.1, 0.15) is 0 Å². The van der Waals surface area contributed by atoms with Gasteiger partial charge in [-0.3, -0.25) is 0 Å². The summed E-state index contributed by atoms with van der Waals surface area (Å²) in [6.45, 7) is 0. The van der Waals surface area contributed by atoms with E-state index in [4.69, 9.17) is 0 Å². The van der Waals surface area contributed by atoms with Crippen molar-refractivity contribution in [1.82, 2.24) is 0 Å². The van der Waals surface area contributed by atoms with Crippen LogP contribution >= 0.6 is 0 Å². The molecule has 0 atom stereocenters. The molecule has 5 heteroatoms. The van der Waals surface area contributed by atoms with Crippen LogP contribution in [0.4, 0.5) is 0 Å². The Balaban J connectivity index is 0. The molecule has 0 heterocycles. The summed E-state index contributed by atoms with van der Waals surface area (Å²) < 4.78 is 0. The predicted octanol–water partition coefficient (Wildman–Crippen LogP) is -1.97. The first-order valence-corrected chi connectivity index (χ1v) is 0. The minimum absolute atomic E-state index is 0. The van der Waals surface area contributed by atoms with E-state index in [1.54, 1.807) is 0 Å². The van der Waals surface area contributed by atoms with Gasteiger partial charge in [0.15, 0.2) is 0 Å². The van der Waals surface area contributed by atoms with Crippen LogP contribution in [0.25, 0.3) is 0 Å². The van der Waals surface area contributed by atoms with E-state index in [2.05, 4.69) is 0 Å². The quantitative estimate of drug-likeness (QED) is 0.347. The van der Waals surface area contributed by atoms with E-state index >= 15 is 0 Å². The molecule has 2 N–H and O–H groups in total. The van der Waals surface area contributed by atoms with Crippen molar-refractivity contribution in [1.29, 1.82) is 0 Å². The van der Waals surface area contributed by atoms with Crippen LogP contribution in [0.1, 0.15) is 0 Å². The van der Waals surface area contributed by atoms with Crippen LogP contribution in [-0.4, -0.2) is 126 Å². The van der Waals surface area contributed by atoms with Crippen molar-refractivity contribution < 1.29 is 27.2 Å². The van der Waals surface area contributed by atoms with Gasteiger partial charge in [-0.05, 0) is 0 Å². The molecule has 21 valence electrons. The molecular weight excluding hydrogens is 498 g/mol. The molecular formula is H2BaBiOSrTi. The molecule has 0 unspecified atom stereocenters. The zero-order valence-electron chi connectivity index (χ0n) is 2.86. The third kappa shape index (κ3) is 17.7. The van der Waals surface area contributed by atoms with Crippen molar-refractivity contribution in [3.8, 4) is 0 Å². The number of hydrogen-bond acceptors (Lipinski definition) is 0. The Morgan fingerprint density at radius 1 is 1.00 bits per heavy atom. The standard InChI is InChI=1S/Ba.Bi.H2O.Sr.Ti/h;;1H2;;. The third-order valence-electron chi connectivity index (χ3n) is 0. The van der Waals surface area contributed by atoms with E-state index in [0.29, 0.717) is 0 Å². The van der Waals surface area contributed by atoms with Crippen LogP contribution in [0.3, 0.4) is 0 Å². The first kappa shape index (κ1) is 33.5. The van der Waals surface area contributed by atoms with Gasteiger partial charge < -0.3 is 5.48 Å². The van der Waals surface area contributed by atoms with Crippen molar-refractivity contribution >= 4 is 121 Å². The normalized spacial score (nSPS) is 0. The van der Waals surface area contributed by atoms with Gasteiger partial charge >= 0.3 is 0 Å². The molecule has 0 spiro atoms. The Hall–Kier alpha value is 4.61. The SMILES string of the molecule is O.[Ba].[Bi].[Sr].[Ti]. The van der Waals surface area contributed by atoms with Crippen LogP contribution in [0.5, 0.6) is 0 Å². The van der Waals surface area contributed by atoms with Crippen LogP contribution in [0, 0.1) is 0 Å². The smallest absolute Gasteiger partial charge is 0 e. The van der Waals surface area contributed by atoms with E-state index in [9.17, 15) is 0 Å². The van der Waals surface area contributed by atoms with Crippen molar-refractivity contribution in [3.63, 3.8) is 0 Å². The number of rotatable bonds is 0. The summed E-state index contributed by atoms with van der Waals surface area (Å²) >= 11 is 0. The summed E-state index contributed by atoms with van der Waals surface area (Å²) in [6, 6.07) is 0. The molecule has 0 saturated heterocycles. The molecule has 0 amide bonds. The molecule has 0 fully saturated rings. The van der Waals surface area contributed by atoms with E-state index in [0.717, 1.165) is 0 Å². The summed E-state index contributed by atoms with van der Waals surface area (Å²) in [7, 11) is 0. The fraction of sp³-hybridized carbons (Fsp3) is 0. The molecule has 0 rings (SSSR count). The van der Waals surface area contributed by atoms with Crippen LogP contribution < -0.4 is 0 Å². The van der Waals surface area contributed by atoms with Crippen molar-refractivity contribution in [2.75, 3.05) is 0 Å². The van der Waals surface area contributed by atoms with Gasteiger partial charge in [-0.15, -0.1) is 0 Å². The van der Waals surface area contributed by atoms with Crippen molar-refractivity contribution in [2.45, 2.75) is 0 Å². The van der Waals surface area contributed by atoms with Crippen molar-refractivity contribution in [2.24, 2.45) is 0 Å². The van der Waals surface area contributed by atoms with Gasteiger partial charge in [0.25, 0.3) is 0 Å².